The van der Waals surface area contributed by atoms with Gasteiger partial charge in [-0.05, 0) is 48.7 Å². The Morgan fingerprint density at radius 1 is 0.933 bits per heavy atom. The highest BCUT2D eigenvalue weighted by Gasteiger charge is 2.37. The van der Waals surface area contributed by atoms with Gasteiger partial charge in [0.2, 0.25) is 21.8 Å². The maximum atomic E-state index is 14.3. The minimum atomic E-state index is -4.81. The van der Waals surface area contributed by atoms with Gasteiger partial charge in [-0.15, -0.1) is 0 Å². The zero-order chi connectivity index (χ0) is 32.9. The lowest BCUT2D eigenvalue weighted by molar-refractivity contribution is -0.140. The number of sulfonamides is 1. The van der Waals surface area contributed by atoms with E-state index in [1.54, 1.807) is 48.5 Å². The topological polar surface area (TPSA) is 86.8 Å². The van der Waals surface area contributed by atoms with Crippen LogP contribution in [-0.2, 0) is 38.8 Å². The number of hydrogen-bond donors (Lipinski definition) is 1. The summed E-state index contributed by atoms with van der Waals surface area (Å²) in [6, 6.07) is 14.6. The Bertz CT molecular complexity index is 1620. The minimum absolute atomic E-state index is 0.0520. The number of alkyl halides is 3. The number of halogens is 6. The van der Waals surface area contributed by atoms with Crippen LogP contribution < -0.4 is 9.62 Å². The number of carbonyl (C=O) groups excluding carboxylic acids is 2. The van der Waals surface area contributed by atoms with Crippen LogP contribution in [0.15, 0.2) is 66.7 Å². The molecule has 3 aromatic carbocycles. The van der Waals surface area contributed by atoms with Gasteiger partial charge in [0.25, 0.3) is 0 Å². The fraction of sp³-hybridized carbons (Fsp3) is 0.355. The Morgan fingerprint density at radius 2 is 1.56 bits per heavy atom. The Balaban J connectivity index is 1.80. The molecule has 0 aromatic heterocycles. The van der Waals surface area contributed by atoms with E-state index in [1.807, 2.05) is 0 Å². The third-order valence-corrected chi connectivity index (χ3v) is 9.74. The largest absolute Gasteiger partial charge is 0.416 e. The van der Waals surface area contributed by atoms with E-state index in [4.69, 9.17) is 34.8 Å². The normalized spacial score (nSPS) is 14.6. The summed E-state index contributed by atoms with van der Waals surface area (Å²) >= 11 is 19.1. The van der Waals surface area contributed by atoms with Gasteiger partial charge in [0.05, 0.1) is 22.5 Å². The second kappa shape index (κ2) is 14.6. The lowest BCUT2D eigenvalue weighted by Crippen LogP contribution is -2.54. The van der Waals surface area contributed by atoms with Crippen LogP contribution in [0.1, 0.15) is 42.4 Å². The average Bonchev–Trinajstić information content (AvgIpc) is 3.47. The van der Waals surface area contributed by atoms with E-state index < -0.39 is 51.9 Å². The van der Waals surface area contributed by atoms with E-state index >= 15 is 0 Å². The van der Waals surface area contributed by atoms with E-state index in [1.165, 1.54) is 4.90 Å². The number of benzene rings is 3. The molecule has 1 aliphatic carbocycles. The molecular weight excluding hydrogens is 674 g/mol. The number of amides is 2. The second-order valence-electron chi connectivity index (χ2n) is 10.9. The summed E-state index contributed by atoms with van der Waals surface area (Å²) in [4.78, 5) is 29.3. The monoisotopic (exact) mass is 703 g/mol. The van der Waals surface area contributed by atoms with Gasteiger partial charge in [-0.25, -0.2) is 8.42 Å². The van der Waals surface area contributed by atoms with Crippen LogP contribution in [0, 0.1) is 0 Å². The lowest BCUT2D eigenvalue weighted by atomic mass is 10.0. The number of anilines is 1. The van der Waals surface area contributed by atoms with Gasteiger partial charge in [0.15, 0.2) is 0 Å². The molecule has 14 heteroatoms. The van der Waals surface area contributed by atoms with Crippen molar-refractivity contribution in [1.82, 2.24) is 10.2 Å². The lowest BCUT2D eigenvalue weighted by Gasteiger charge is -2.34. The van der Waals surface area contributed by atoms with Crippen molar-refractivity contribution in [3.05, 3.63) is 98.5 Å². The highest BCUT2D eigenvalue weighted by Crippen LogP contribution is 2.36. The molecule has 3 aromatic rings. The fourth-order valence-corrected chi connectivity index (χ4v) is 6.89. The predicted octanol–water partition coefficient (Wildman–Crippen LogP) is 7.13. The number of nitrogens with one attached hydrogen (secondary N) is 1. The standard InChI is InChI=1S/C31H31Cl3F3N3O4S/c1-45(43,44)40(27-17-21(31(35,36)37)14-15-26(27)34)19-29(41)39(18-23-24(32)12-7-13-25(23)33)28(16-20-8-3-2-4-9-20)30(42)38-22-10-5-6-11-22/h2-4,7-9,12-15,17,22,28H,5-6,10-11,16,18-19H2,1H3,(H,38,42)/t28-/m0/s1. The van der Waals surface area contributed by atoms with E-state index in [0.29, 0.717) is 27.6 Å². The molecule has 45 heavy (non-hydrogen) atoms. The maximum Gasteiger partial charge on any atom is 0.416 e. The Hall–Kier alpha value is -2.99. The van der Waals surface area contributed by atoms with E-state index in [2.05, 4.69) is 5.32 Å². The Labute approximate surface area is 275 Å². The zero-order valence-electron chi connectivity index (χ0n) is 24.2. The Morgan fingerprint density at radius 3 is 2.13 bits per heavy atom. The zero-order valence-corrected chi connectivity index (χ0v) is 27.2. The summed E-state index contributed by atoms with van der Waals surface area (Å²) in [5.74, 6) is -1.35. The predicted molar refractivity (Wildman–Crippen MR) is 170 cm³/mol. The van der Waals surface area contributed by atoms with Crippen molar-refractivity contribution in [3.63, 3.8) is 0 Å². The van der Waals surface area contributed by atoms with Crippen LogP contribution >= 0.6 is 34.8 Å². The van der Waals surface area contributed by atoms with Crippen LogP contribution in [0.3, 0.4) is 0 Å². The molecule has 0 unspecified atom stereocenters. The molecule has 1 N–H and O–H groups in total. The molecule has 1 atom stereocenters. The van der Waals surface area contributed by atoms with Crippen molar-refractivity contribution in [3.8, 4) is 0 Å². The van der Waals surface area contributed by atoms with E-state index in [9.17, 15) is 31.2 Å². The minimum Gasteiger partial charge on any atom is -0.352 e. The fourth-order valence-electron chi connectivity index (χ4n) is 5.25. The van der Waals surface area contributed by atoms with Crippen molar-refractivity contribution in [2.24, 2.45) is 0 Å². The van der Waals surface area contributed by atoms with Gasteiger partial charge < -0.3 is 10.2 Å². The molecule has 242 valence electrons. The molecule has 1 aliphatic rings. The molecule has 0 aliphatic heterocycles. The van der Waals surface area contributed by atoms with Crippen molar-refractivity contribution in [2.75, 3.05) is 17.1 Å². The molecule has 0 saturated heterocycles. The van der Waals surface area contributed by atoms with Gasteiger partial charge in [-0.3, -0.25) is 13.9 Å². The number of hydrogen-bond acceptors (Lipinski definition) is 4. The summed E-state index contributed by atoms with van der Waals surface area (Å²) in [5, 5.41) is 3.11. The molecule has 0 bridgehead atoms. The van der Waals surface area contributed by atoms with Crippen molar-refractivity contribution in [2.45, 2.75) is 56.9 Å². The van der Waals surface area contributed by atoms with Gasteiger partial charge in [0.1, 0.15) is 12.6 Å². The SMILES string of the molecule is CS(=O)(=O)N(CC(=O)N(Cc1c(Cl)cccc1Cl)[C@@H](Cc1ccccc1)C(=O)NC1CCCC1)c1cc(C(F)(F)F)ccc1Cl. The number of carbonyl (C=O) groups is 2. The van der Waals surface area contributed by atoms with Gasteiger partial charge in [0, 0.05) is 34.6 Å². The van der Waals surface area contributed by atoms with Gasteiger partial charge in [-0.2, -0.15) is 13.2 Å². The molecule has 0 heterocycles. The molecule has 0 radical (unpaired) electrons. The maximum absolute atomic E-state index is 14.3. The Kier molecular flexibility index (Phi) is 11.3. The van der Waals surface area contributed by atoms with Crippen LogP contribution in [0.5, 0.6) is 0 Å². The van der Waals surface area contributed by atoms with Crippen LogP contribution in [0.25, 0.3) is 0 Å². The second-order valence-corrected chi connectivity index (χ2v) is 14.0. The quantitative estimate of drug-likeness (QED) is 0.230. The summed E-state index contributed by atoms with van der Waals surface area (Å²) in [6.45, 7) is -1.25. The number of rotatable bonds is 11. The summed E-state index contributed by atoms with van der Waals surface area (Å²) in [5.41, 5.74) is -0.661. The molecule has 7 nitrogen and oxygen atoms in total. The van der Waals surface area contributed by atoms with Crippen molar-refractivity contribution in [1.29, 1.82) is 0 Å². The first-order chi connectivity index (χ1) is 21.1. The highest BCUT2D eigenvalue weighted by atomic mass is 35.5. The van der Waals surface area contributed by atoms with Gasteiger partial charge >= 0.3 is 6.18 Å². The van der Waals surface area contributed by atoms with Crippen LogP contribution in [0.2, 0.25) is 15.1 Å². The third-order valence-electron chi connectivity index (χ3n) is 7.58. The smallest absolute Gasteiger partial charge is 0.352 e. The van der Waals surface area contributed by atoms with E-state index in [0.717, 1.165) is 38.0 Å². The molecule has 4 rings (SSSR count). The molecule has 1 saturated carbocycles. The number of nitrogens with zero attached hydrogens (tertiary/aromatic N) is 2. The first kappa shape index (κ1) is 34.9. The van der Waals surface area contributed by atoms with Crippen LogP contribution in [0.4, 0.5) is 18.9 Å². The van der Waals surface area contributed by atoms with Crippen molar-refractivity contribution >= 4 is 62.3 Å². The highest BCUT2D eigenvalue weighted by molar-refractivity contribution is 7.92. The molecule has 2 amide bonds. The average molecular weight is 705 g/mol. The first-order valence-electron chi connectivity index (χ1n) is 14.1. The summed E-state index contributed by atoms with van der Waals surface area (Å²) in [6.07, 6.45) is -0.594. The van der Waals surface area contributed by atoms with E-state index in [-0.39, 0.29) is 34.1 Å². The molecule has 1 fully saturated rings. The third kappa shape index (κ3) is 9.06. The molecular formula is C31H31Cl3F3N3O4S. The first-order valence-corrected chi connectivity index (χ1v) is 17.0. The van der Waals surface area contributed by atoms with Crippen molar-refractivity contribution < 1.29 is 31.2 Å². The summed E-state index contributed by atoms with van der Waals surface area (Å²) in [7, 11) is -4.36. The van der Waals surface area contributed by atoms with Crippen LogP contribution in [-0.4, -0.2) is 50.0 Å². The molecule has 0 spiro atoms. The van der Waals surface area contributed by atoms with Gasteiger partial charge in [-0.1, -0.05) is 84.0 Å². The summed E-state index contributed by atoms with van der Waals surface area (Å²) < 4.78 is 67.2.